The quantitative estimate of drug-likeness (QED) is 0.0160. The maximum Gasteiger partial charge on any atom is 0.472 e. The van der Waals surface area contributed by atoms with Gasteiger partial charge < -0.3 is 40.5 Å². The normalized spacial score (nSPS) is 21.2. The van der Waals surface area contributed by atoms with Crippen molar-refractivity contribution in [1.82, 2.24) is 0 Å². The van der Waals surface area contributed by atoms with Gasteiger partial charge in [-0.25, -0.2) is 4.57 Å². The van der Waals surface area contributed by atoms with Gasteiger partial charge in [-0.3, -0.25) is 23.4 Å². The molecule has 0 aromatic carbocycles. The number of carboxylic acid groups (broad SMARTS) is 1. The molecule has 0 radical (unpaired) electrons. The first kappa shape index (κ1) is 52.6. The molecule has 330 valence electrons. The molecule has 0 saturated heterocycles. The van der Waals surface area contributed by atoms with Crippen molar-refractivity contribution >= 4 is 25.7 Å². The lowest BCUT2D eigenvalue weighted by Crippen LogP contribution is -2.34. The molecule has 1 saturated carbocycles. The average molecular weight is 832 g/mol. The lowest BCUT2D eigenvalue weighted by atomic mass is 9.89. The first-order valence-electron chi connectivity index (χ1n) is 21.3. The second-order valence-electron chi connectivity index (χ2n) is 15.1. The number of phosphoric acid groups is 1. The Hall–Kier alpha value is -2.42. The zero-order valence-electron chi connectivity index (χ0n) is 34.5. The van der Waals surface area contributed by atoms with E-state index in [-0.39, 0.29) is 31.1 Å². The summed E-state index contributed by atoms with van der Waals surface area (Å²) < 4.78 is 32.6. The molecule has 1 unspecified atom stereocenters. The first-order chi connectivity index (χ1) is 27.3. The van der Waals surface area contributed by atoms with Crippen LogP contribution in [0.3, 0.4) is 0 Å². The number of phosphoric ester groups is 1. The topological polar surface area (TPSA) is 232 Å². The third-order valence-corrected chi connectivity index (χ3v) is 10.9. The van der Waals surface area contributed by atoms with Gasteiger partial charge in [-0.1, -0.05) is 121 Å². The van der Waals surface area contributed by atoms with E-state index in [1.807, 2.05) is 0 Å². The summed E-state index contributed by atoms with van der Waals surface area (Å²) in [5.74, 6) is -3.43. The molecule has 7 N–H and O–H groups in total. The van der Waals surface area contributed by atoms with Gasteiger partial charge in [0.05, 0.1) is 37.9 Å². The smallest absolute Gasteiger partial charge is 0.472 e. The van der Waals surface area contributed by atoms with Gasteiger partial charge >= 0.3 is 25.7 Å². The van der Waals surface area contributed by atoms with Gasteiger partial charge in [0.1, 0.15) is 12.6 Å². The highest BCUT2D eigenvalue weighted by molar-refractivity contribution is 7.47. The molecule has 0 aromatic heterocycles. The van der Waals surface area contributed by atoms with Crippen LogP contribution in [0.2, 0.25) is 0 Å². The molecule has 15 heteroatoms. The zero-order valence-corrected chi connectivity index (χ0v) is 35.4. The second kappa shape index (κ2) is 32.4. The van der Waals surface area contributed by atoms with E-state index < -0.39 is 76.0 Å². The fraction of sp³-hybridized carbons (Fsp3) is 0.786. The number of carbonyl (C=O) groups is 3. The van der Waals surface area contributed by atoms with Gasteiger partial charge in [0.15, 0.2) is 6.10 Å². The van der Waals surface area contributed by atoms with E-state index in [2.05, 4.69) is 30.5 Å². The molecule has 0 aromatic rings. The number of carbonyl (C=O) groups excluding carboxylic acids is 2. The lowest BCUT2D eigenvalue weighted by molar-refractivity contribution is -0.160. The van der Waals surface area contributed by atoms with Crippen molar-refractivity contribution in [2.45, 2.75) is 179 Å². The summed E-state index contributed by atoms with van der Waals surface area (Å²) in [5, 5.41) is 40.2. The molecule has 1 rings (SSSR count). The van der Waals surface area contributed by atoms with E-state index in [1.54, 1.807) is 18.2 Å². The number of allylic oxidation sites excluding steroid dienone is 3. The van der Waals surface area contributed by atoms with Crippen molar-refractivity contribution in [3.63, 3.8) is 0 Å². The van der Waals surface area contributed by atoms with Crippen LogP contribution in [0.1, 0.15) is 149 Å². The highest BCUT2D eigenvalue weighted by atomic mass is 31.2. The number of rotatable bonds is 35. The minimum absolute atomic E-state index is 0.151. The van der Waals surface area contributed by atoms with E-state index in [1.165, 1.54) is 51.0 Å². The van der Waals surface area contributed by atoms with Crippen LogP contribution in [0.15, 0.2) is 36.5 Å². The summed E-state index contributed by atoms with van der Waals surface area (Å²) in [7, 11) is -4.81. The van der Waals surface area contributed by atoms with Crippen LogP contribution in [0.4, 0.5) is 0 Å². The minimum Gasteiger partial charge on any atom is -0.480 e. The Kier molecular flexibility index (Phi) is 29.9. The third kappa shape index (κ3) is 27.1. The predicted molar refractivity (Wildman–Crippen MR) is 219 cm³/mol. The van der Waals surface area contributed by atoms with Crippen molar-refractivity contribution in [3.05, 3.63) is 36.5 Å². The lowest BCUT2D eigenvalue weighted by Gasteiger charge is -2.20. The van der Waals surface area contributed by atoms with Crippen LogP contribution >= 0.6 is 7.82 Å². The van der Waals surface area contributed by atoms with E-state index in [0.717, 1.165) is 51.4 Å². The Balaban J connectivity index is 2.58. The fourth-order valence-electron chi connectivity index (χ4n) is 6.50. The molecule has 0 spiro atoms. The predicted octanol–water partition coefficient (Wildman–Crippen LogP) is 7.22. The van der Waals surface area contributed by atoms with Crippen molar-refractivity contribution in [1.29, 1.82) is 0 Å². The Morgan fingerprint density at radius 3 is 2.02 bits per heavy atom. The number of nitrogens with two attached hydrogens (primary N) is 1. The molecule has 0 amide bonds. The Labute approximate surface area is 340 Å². The Bertz CT molecular complexity index is 1230. The van der Waals surface area contributed by atoms with Crippen LogP contribution in [0.25, 0.3) is 0 Å². The maximum absolute atomic E-state index is 12.8. The number of hydrogen-bond acceptors (Lipinski definition) is 12. The zero-order chi connectivity index (χ0) is 42.3. The van der Waals surface area contributed by atoms with Gasteiger partial charge in [0.2, 0.25) is 0 Å². The molecule has 57 heavy (non-hydrogen) atoms. The van der Waals surface area contributed by atoms with Gasteiger partial charge in [0.25, 0.3) is 0 Å². The third-order valence-electron chi connectivity index (χ3n) is 9.96. The summed E-state index contributed by atoms with van der Waals surface area (Å²) in [6.45, 7) is 2.33. The number of aliphatic hydroxyl groups excluding tert-OH is 3. The monoisotopic (exact) mass is 831 g/mol. The van der Waals surface area contributed by atoms with Crippen LogP contribution in [-0.4, -0.2) is 93.5 Å². The molecule has 1 fully saturated rings. The van der Waals surface area contributed by atoms with Crippen molar-refractivity contribution in [3.8, 4) is 0 Å². The molecular formula is C42H74NO13P. The number of carboxylic acids is 1. The highest BCUT2D eigenvalue weighted by Gasteiger charge is 2.39. The van der Waals surface area contributed by atoms with E-state index in [4.69, 9.17) is 24.8 Å². The van der Waals surface area contributed by atoms with Gasteiger partial charge in [0, 0.05) is 18.8 Å². The van der Waals surface area contributed by atoms with Gasteiger partial charge in [-0.05, 0) is 50.9 Å². The largest absolute Gasteiger partial charge is 0.480 e. The standard InChI is InChI=1S/C42H74NO13P/c1-3-5-7-8-9-10-11-12-13-14-15-16-17-18-20-25-40(47)53-30-34(31-54-57(51,52)55-32-37(43)42(49)50)56-41(48)26-22-21-24-35-36(39(46)29-38(35)45)28-27-33(44)23-19-6-4-2/h10-11,21-22,27-28,33-39,44-46H,3-9,12-20,23-26,29-32,43H2,1-2H3,(H,49,50)(H,51,52)/b11-10-,22-21-,28-27+/t33-,34-,35+,36-,37+,38+,39-/m1/s1. The van der Waals surface area contributed by atoms with Crippen molar-refractivity contribution < 1.29 is 62.8 Å². The van der Waals surface area contributed by atoms with E-state index in [0.29, 0.717) is 19.3 Å². The molecule has 8 atom stereocenters. The van der Waals surface area contributed by atoms with Crippen molar-refractivity contribution in [2.75, 3.05) is 19.8 Å². The van der Waals surface area contributed by atoms with Crippen LogP contribution in [0.5, 0.6) is 0 Å². The number of hydrogen-bond donors (Lipinski definition) is 6. The molecule has 0 aliphatic heterocycles. The summed E-state index contributed by atoms with van der Waals surface area (Å²) in [6.07, 6.45) is 26.3. The number of esters is 2. The van der Waals surface area contributed by atoms with Crippen molar-refractivity contribution in [2.24, 2.45) is 17.6 Å². The Morgan fingerprint density at radius 1 is 0.772 bits per heavy atom. The molecule has 1 aliphatic rings. The first-order valence-corrected chi connectivity index (χ1v) is 22.8. The average Bonchev–Trinajstić information content (AvgIpc) is 3.44. The molecular weight excluding hydrogens is 757 g/mol. The molecule has 0 bridgehead atoms. The summed E-state index contributed by atoms with van der Waals surface area (Å²) in [4.78, 5) is 46.2. The summed E-state index contributed by atoms with van der Waals surface area (Å²) >= 11 is 0. The van der Waals surface area contributed by atoms with Crippen LogP contribution in [0, 0.1) is 11.8 Å². The van der Waals surface area contributed by atoms with E-state index in [9.17, 15) is 39.2 Å². The number of unbranched alkanes of at least 4 members (excludes halogenated alkanes) is 13. The van der Waals surface area contributed by atoms with E-state index >= 15 is 0 Å². The number of aliphatic carboxylic acids is 1. The summed E-state index contributed by atoms with van der Waals surface area (Å²) in [5.41, 5.74) is 5.32. The molecule has 0 heterocycles. The summed E-state index contributed by atoms with van der Waals surface area (Å²) in [6, 6.07) is -1.57. The SMILES string of the molecule is CCCCCC/C=C\CCCCCCCCCC(=O)OC[C@H](COP(=O)(O)OC[C@H](N)C(=O)O)OC(=O)C/C=C\C[C@H]1[C@@H](/C=C/[C@H](O)CCCCC)[C@H](O)C[C@@H]1O. The van der Waals surface area contributed by atoms with Gasteiger partial charge in [-0.2, -0.15) is 0 Å². The number of aliphatic hydroxyl groups is 3. The fourth-order valence-corrected chi connectivity index (χ4v) is 7.28. The maximum atomic E-state index is 12.8. The number of ether oxygens (including phenoxy) is 2. The molecule has 14 nitrogen and oxygen atoms in total. The van der Waals surface area contributed by atoms with Crippen LogP contribution in [-0.2, 0) is 37.5 Å². The molecule has 1 aliphatic carbocycles. The Morgan fingerprint density at radius 2 is 1.37 bits per heavy atom. The van der Waals surface area contributed by atoms with Crippen LogP contribution < -0.4 is 5.73 Å². The second-order valence-corrected chi connectivity index (χ2v) is 16.6. The highest BCUT2D eigenvalue weighted by Crippen LogP contribution is 2.43. The minimum atomic E-state index is -4.81. The van der Waals surface area contributed by atoms with Gasteiger partial charge in [-0.15, -0.1) is 0 Å².